The molecular formula is C21H21N3O2S. The minimum absolute atomic E-state index is 0.0989. The van der Waals surface area contributed by atoms with Crippen molar-refractivity contribution in [2.45, 2.75) is 19.4 Å². The molecule has 5 nitrogen and oxygen atoms in total. The quantitative estimate of drug-likeness (QED) is 0.641. The zero-order valence-corrected chi connectivity index (χ0v) is 15.7. The Morgan fingerprint density at radius 3 is 2.59 bits per heavy atom. The summed E-state index contributed by atoms with van der Waals surface area (Å²) in [7, 11) is 0. The molecule has 0 bridgehead atoms. The molecule has 3 rings (SSSR count). The number of hydrogen-bond donors (Lipinski definition) is 1. The van der Waals surface area contributed by atoms with Crippen LogP contribution in [0.4, 0.5) is 0 Å². The van der Waals surface area contributed by atoms with Crippen LogP contribution >= 0.6 is 11.3 Å². The molecule has 1 aromatic carbocycles. The van der Waals surface area contributed by atoms with E-state index in [1.165, 1.54) is 11.3 Å². The predicted molar refractivity (Wildman–Crippen MR) is 106 cm³/mol. The summed E-state index contributed by atoms with van der Waals surface area (Å²) < 4.78 is 1.95. The van der Waals surface area contributed by atoms with Crippen LogP contribution in [-0.2, 0) is 11.3 Å². The van der Waals surface area contributed by atoms with Crippen molar-refractivity contribution in [1.29, 1.82) is 0 Å². The number of carbonyl (C=O) groups is 2. The van der Waals surface area contributed by atoms with Crippen LogP contribution in [0.25, 0.3) is 0 Å². The summed E-state index contributed by atoms with van der Waals surface area (Å²) in [6, 6.07) is 19.3. The molecule has 0 aliphatic rings. The number of hydrogen-bond acceptors (Lipinski definition) is 3. The first-order valence-corrected chi connectivity index (χ1v) is 9.69. The second kappa shape index (κ2) is 9.64. The molecule has 0 atom stereocenters. The van der Waals surface area contributed by atoms with Gasteiger partial charge in [0.2, 0.25) is 5.91 Å². The number of benzene rings is 1. The number of amides is 2. The van der Waals surface area contributed by atoms with Crippen molar-refractivity contribution >= 4 is 23.2 Å². The van der Waals surface area contributed by atoms with Crippen LogP contribution in [0.2, 0.25) is 0 Å². The Labute approximate surface area is 162 Å². The van der Waals surface area contributed by atoms with Gasteiger partial charge in [0, 0.05) is 25.7 Å². The zero-order valence-electron chi connectivity index (χ0n) is 14.9. The molecule has 0 fully saturated rings. The lowest BCUT2D eigenvalue weighted by Gasteiger charge is -2.07. The molecule has 0 unspecified atom stereocenters. The molecule has 0 spiro atoms. The van der Waals surface area contributed by atoms with Crippen molar-refractivity contribution in [3.63, 3.8) is 0 Å². The minimum atomic E-state index is -0.187. The maximum absolute atomic E-state index is 12.2. The lowest BCUT2D eigenvalue weighted by molar-refractivity contribution is -0.118. The molecule has 6 heteroatoms. The molecule has 27 heavy (non-hydrogen) atoms. The first kappa shape index (κ1) is 18.8. The van der Waals surface area contributed by atoms with Crippen molar-refractivity contribution < 1.29 is 9.59 Å². The van der Waals surface area contributed by atoms with Gasteiger partial charge in [0.05, 0.1) is 4.88 Å². The first-order chi connectivity index (χ1) is 13.2. The Morgan fingerprint density at radius 2 is 1.81 bits per heavy atom. The zero-order chi connectivity index (χ0) is 18.9. The second-order valence-corrected chi connectivity index (χ2v) is 6.96. The van der Waals surface area contributed by atoms with E-state index in [2.05, 4.69) is 10.3 Å². The highest BCUT2D eigenvalue weighted by molar-refractivity contribution is 7.12. The number of rotatable bonds is 7. The lowest BCUT2D eigenvalue weighted by atomic mass is 10.2. The number of carbonyl (C=O) groups excluding carboxylic acids is 2. The fourth-order valence-corrected chi connectivity index (χ4v) is 3.24. The van der Waals surface area contributed by atoms with E-state index in [9.17, 15) is 9.59 Å². The first-order valence-electron chi connectivity index (χ1n) is 8.81. The van der Waals surface area contributed by atoms with Crippen LogP contribution in [0.1, 0.15) is 28.1 Å². The molecular weight excluding hydrogens is 358 g/mol. The third-order valence-electron chi connectivity index (χ3n) is 3.95. The maximum atomic E-state index is 12.2. The van der Waals surface area contributed by atoms with Gasteiger partial charge in [0.1, 0.15) is 5.49 Å². The highest BCUT2D eigenvalue weighted by Gasteiger charge is 2.06. The van der Waals surface area contributed by atoms with Crippen molar-refractivity contribution in [2.75, 3.05) is 6.54 Å². The van der Waals surface area contributed by atoms with Gasteiger partial charge in [0.15, 0.2) is 0 Å². The minimum Gasteiger partial charge on any atom is -0.351 e. The van der Waals surface area contributed by atoms with Gasteiger partial charge in [-0.3, -0.25) is 9.59 Å². The molecule has 2 heterocycles. The number of thiophene rings is 1. The number of nitrogens with one attached hydrogen (secondary N) is 1. The summed E-state index contributed by atoms with van der Waals surface area (Å²) in [6.07, 6.45) is 2.77. The molecule has 3 aromatic rings. The molecule has 2 amide bonds. The number of nitrogens with zero attached hydrogens (tertiary/aromatic N) is 2. The van der Waals surface area contributed by atoms with E-state index >= 15 is 0 Å². The van der Waals surface area contributed by atoms with Crippen LogP contribution < -0.4 is 10.8 Å². The molecule has 2 aromatic heterocycles. The van der Waals surface area contributed by atoms with E-state index in [1.807, 2.05) is 70.7 Å². The SMILES string of the molecule is O=C(CCCNC(=O)c1cccs1)N=c1ccccn1Cc1ccccc1. The van der Waals surface area contributed by atoms with Crippen LogP contribution in [0, 0.1) is 0 Å². The van der Waals surface area contributed by atoms with E-state index in [-0.39, 0.29) is 11.8 Å². The Morgan fingerprint density at radius 1 is 1.00 bits per heavy atom. The Hall–Kier alpha value is -2.99. The standard InChI is InChI=1S/C21H21N3O2S/c25-20(12-6-13-22-21(26)18-10-7-15-27-18)23-19-11-4-5-14-24(19)16-17-8-2-1-3-9-17/h1-5,7-11,14-15H,6,12-13,16H2,(H,22,26). The molecule has 0 radical (unpaired) electrons. The van der Waals surface area contributed by atoms with Gasteiger partial charge in [-0.1, -0.05) is 42.5 Å². The summed E-state index contributed by atoms with van der Waals surface area (Å²) in [5.74, 6) is -0.286. The molecule has 138 valence electrons. The van der Waals surface area contributed by atoms with Gasteiger partial charge in [-0.2, -0.15) is 4.99 Å². The van der Waals surface area contributed by atoms with Crippen LogP contribution in [0.15, 0.2) is 77.2 Å². The monoisotopic (exact) mass is 379 g/mol. The maximum Gasteiger partial charge on any atom is 0.261 e. The Bertz CT molecular complexity index is 947. The van der Waals surface area contributed by atoms with Gasteiger partial charge < -0.3 is 9.88 Å². The summed E-state index contributed by atoms with van der Waals surface area (Å²) in [5.41, 5.74) is 1.78. The average molecular weight is 379 g/mol. The van der Waals surface area contributed by atoms with Crippen molar-refractivity contribution in [1.82, 2.24) is 9.88 Å². The topological polar surface area (TPSA) is 63.5 Å². The fraction of sp³-hybridized carbons (Fsp3) is 0.190. The number of pyridine rings is 1. The third kappa shape index (κ3) is 5.76. The van der Waals surface area contributed by atoms with E-state index in [0.717, 1.165) is 5.56 Å². The summed E-state index contributed by atoms with van der Waals surface area (Å²) in [5, 5.41) is 4.68. The van der Waals surface area contributed by atoms with Crippen LogP contribution in [-0.4, -0.2) is 22.9 Å². The van der Waals surface area contributed by atoms with Crippen molar-refractivity contribution in [3.8, 4) is 0 Å². The number of aromatic nitrogens is 1. The van der Waals surface area contributed by atoms with Gasteiger partial charge in [-0.15, -0.1) is 11.3 Å². The third-order valence-corrected chi connectivity index (χ3v) is 4.82. The molecule has 1 N–H and O–H groups in total. The predicted octanol–water partition coefficient (Wildman–Crippen LogP) is 3.24. The molecule has 0 aliphatic heterocycles. The fourth-order valence-electron chi connectivity index (χ4n) is 2.60. The van der Waals surface area contributed by atoms with E-state index < -0.39 is 0 Å². The van der Waals surface area contributed by atoms with Gasteiger partial charge >= 0.3 is 0 Å². The van der Waals surface area contributed by atoms with Gasteiger partial charge in [0.25, 0.3) is 5.91 Å². The van der Waals surface area contributed by atoms with E-state index in [1.54, 1.807) is 6.07 Å². The highest BCUT2D eigenvalue weighted by Crippen LogP contribution is 2.07. The normalized spacial score (nSPS) is 11.3. The van der Waals surface area contributed by atoms with Gasteiger partial charge in [-0.25, -0.2) is 0 Å². The molecule has 0 saturated carbocycles. The smallest absolute Gasteiger partial charge is 0.261 e. The molecule has 0 saturated heterocycles. The Kier molecular flexibility index (Phi) is 6.71. The van der Waals surface area contributed by atoms with Crippen LogP contribution in [0.3, 0.4) is 0 Å². The van der Waals surface area contributed by atoms with Gasteiger partial charge in [-0.05, 0) is 35.6 Å². The van der Waals surface area contributed by atoms with E-state index in [4.69, 9.17) is 0 Å². The highest BCUT2D eigenvalue weighted by atomic mass is 32.1. The van der Waals surface area contributed by atoms with E-state index in [0.29, 0.717) is 36.3 Å². The average Bonchev–Trinajstić information content (AvgIpc) is 3.22. The summed E-state index contributed by atoms with van der Waals surface area (Å²) in [4.78, 5) is 29.0. The van der Waals surface area contributed by atoms with Crippen molar-refractivity contribution in [3.05, 3.63) is 88.2 Å². The summed E-state index contributed by atoms with van der Waals surface area (Å²) in [6.45, 7) is 1.11. The Balaban J connectivity index is 1.55. The van der Waals surface area contributed by atoms with Crippen molar-refractivity contribution in [2.24, 2.45) is 4.99 Å². The lowest BCUT2D eigenvalue weighted by Crippen LogP contribution is -2.24. The summed E-state index contributed by atoms with van der Waals surface area (Å²) >= 11 is 1.40. The largest absolute Gasteiger partial charge is 0.351 e. The van der Waals surface area contributed by atoms with Crippen LogP contribution in [0.5, 0.6) is 0 Å². The second-order valence-electron chi connectivity index (χ2n) is 6.01. The molecule has 0 aliphatic carbocycles.